The number of ether oxygens (including phenoxy) is 2. The van der Waals surface area contributed by atoms with Gasteiger partial charge in [-0.2, -0.15) is 4.52 Å². The Bertz CT molecular complexity index is 973. The maximum absolute atomic E-state index is 5.40. The van der Waals surface area contributed by atoms with Crippen molar-refractivity contribution in [1.82, 2.24) is 19.8 Å². The molecule has 22 heavy (non-hydrogen) atoms. The summed E-state index contributed by atoms with van der Waals surface area (Å²) in [6, 6.07) is 9.35. The van der Waals surface area contributed by atoms with Crippen molar-refractivity contribution in [3.05, 3.63) is 36.6 Å². The second-order valence-electron chi connectivity index (χ2n) is 4.67. The maximum Gasteiger partial charge on any atom is 0.235 e. The molecule has 0 radical (unpaired) electrons. The van der Waals surface area contributed by atoms with Gasteiger partial charge >= 0.3 is 0 Å². The van der Waals surface area contributed by atoms with Crippen LogP contribution in [0.25, 0.3) is 27.1 Å². The smallest absolute Gasteiger partial charge is 0.235 e. The molecule has 8 heteroatoms. The normalized spacial score (nSPS) is 13.1. The summed E-state index contributed by atoms with van der Waals surface area (Å²) in [5.74, 6) is 2.81. The lowest BCUT2D eigenvalue weighted by molar-refractivity contribution is 0.174. The molecule has 108 valence electrons. The highest BCUT2D eigenvalue weighted by Crippen LogP contribution is 2.36. The molecule has 0 saturated carbocycles. The van der Waals surface area contributed by atoms with Crippen LogP contribution in [-0.2, 0) is 0 Å². The third-order valence-corrected chi connectivity index (χ3v) is 4.27. The largest absolute Gasteiger partial charge is 0.462 e. The van der Waals surface area contributed by atoms with E-state index in [1.54, 1.807) is 10.8 Å². The monoisotopic (exact) mass is 312 g/mol. The Hall–Kier alpha value is -2.87. The van der Waals surface area contributed by atoms with Crippen molar-refractivity contribution in [3.63, 3.8) is 0 Å². The summed E-state index contributed by atoms with van der Waals surface area (Å²) >= 11 is 1.42. The minimum atomic E-state index is 0.243. The molecule has 1 aliphatic heterocycles. The molecule has 0 N–H and O–H groups in total. The summed E-state index contributed by atoms with van der Waals surface area (Å²) in [4.78, 5) is 0.707. The van der Waals surface area contributed by atoms with Gasteiger partial charge in [-0.15, -0.1) is 15.3 Å². The van der Waals surface area contributed by atoms with Gasteiger partial charge in [-0.3, -0.25) is 0 Å². The first-order valence-corrected chi connectivity index (χ1v) is 7.36. The molecule has 0 saturated heterocycles. The second-order valence-corrected chi connectivity index (χ2v) is 5.63. The number of rotatable bonds is 2. The van der Waals surface area contributed by atoms with Gasteiger partial charge in [0, 0.05) is 5.56 Å². The fourth-order valence-corrected chi connectivity index (χ4v) is 3.14. The Kier molecular flexibility index (Phi) is 2.30. The fourth-order valence-electron chi connectivity index (χ4n) is 2.33. The van der Waals surface area contributed by atoms with Crippen molar-refractivity contribution in [3.8, 4) is 33.7 Å². The predicted molar refractivity (Wildman–Crippen MR) is 77.9 cm³/mol. The summed E-state index contributed by atoms with van der Waals surface area (Å²) in [7, 11) is 0. The lowest BCUT2D eigenvalue weighted by Crippen LogP contribution is -1.93. The van der Waals surface area contributed by atoms with Crippen molar-refractivity contribution < 1.29 is 13.9 Å². The third kappa shape index (κ3) is 1.64. The van der Waals surface area contributed by atoms with Gasteiger partial charge in [0.15, 0.2) is 28.1 Å². The van der Waals surface area contributed by atoms with Crippen LogP contribution in [0, 0.1) is 0 Å². The highest BCUT2D eigenvalue weighted by atomic mass is 32.1. The van der Waals surface area contributed by atoms with Gasteiger partial charge in [-0.25, -0.2) is 0 Å². The standard InChI is InChI=1S/C14H8N4O3S/c1-2-10(19-5-1)13-17-18-12(15-16-14(18)22-13)8-3-4-9-11(6-8)21-7-20-9/h1-6H,7H2. The first-order valence-electron chi connectivity index (χ1n) is 6.55. The number of hydrogen-bond donors (Lipinski definition) is 0. The molecule has 0 bridgehead atoms. The van der Waals surface area contributed by atoms with Gasteiger partial charge in [0.1, 0.15) is 0 Å². The molecule has 5 rings (SSSR count). The molecule has 4 heterocycles. The minimum Gasteiger partial charge on any atom is -0.462 e. The molecule has 7 nitrogen and oxygen atoms in total. The Balaban J connectivity index is 1.65. The third-order valence-electron chi connectivity index (χ3n) is 3.35. The van der Waals surface area contributed by atoms with Gasteiger partial charge in [0.25, 0.3) is 0 Å². The lowest BCUT2D eigenvalue weighted by Gasteiger charge is -1.99. The van der Waals surface area contributed by atoms with Crippen molar-refractivity contribution in [1.29, 1.82) is 0 Å². The zero-order valence-electron chi connectivity index (χ0n) is 11.1. The van der Waals surface area contributed by atoms with E-state index < -0.39 is 0 Å². The molecule has 0 spiro atoms. The van der Waals surface area contributed by atoms with E-state index in [1.165, 1.54) is 11.3 Å². The highest BCUT2D eigenvalue weighted by molar-refractivity contribution is 7.19. The van der Waals surface area contributed by atoms with Crippen molar-refractivity contribution in [2.75, 3.05) is 6.79 Å². The van der Waals surface area contributed by atoms with E-state index in [-0.39, 0.29) is 6.79 Å². The number of hydrogen-bond acceptors (Lipinski definition) is 7. The van der Waals surface area contributed by atoms with Gasteiger partial charge in [0.2, 0.25) is 11.8 Å². The van der Waals surface area contributed by atoms with Crippen LogP contribution < -0.4 is 9.47 Å². The van der Waals surface area contributed by atoms with Crippen molar-refractivity contribution in [2.45, 2.75) is 0 Å². The van der Waals surface area contributed by atoms with Crippen LogP contribution in [0.5, 0.6) is 11.5 Å². The first-order chi connectivity index (χ1) is 10.9. The minimum absolute atomic E-state index is 0.243. The Morgan fingerprint density at radius 2 is 2.05 bits per heavy atom. The average molecular weight is 312 g/mol. The van der Waals surface area contributed by atoms with E-state index in [9.17, 15) is 0 Å². The maximum atomic E-state index is 5.40. The summed E-state index contributed by atoms with van der Waals surface area (Å²) in [5.41, 5.74) is 0.869. The van der Waals surface area contributed by atoms with Crippen LogP contribution in [-0.4, -0.2) is 26.6 Å². The van der Waals surface area contributed by atoms with Crippen LogP contribution in [0.4, 0.5) is 0 Å². The van der Waals surface area contributed by atoms with Gasteiger partial charge in [0.05, 0.1) is 6.26 Å². The molecule has 1 aliphatic rings. The Morgan fingerprint density at radius 3 is 2.95 bits per heavy atom. The molecule has 4 aromatic rings. The second kappa shape index (κ2) is 4.31. The van der Waals surface area contributed by atoms with Crippen molar-refractivity contribution in [2.24, 2.45) is 0 Å². The van der Waals surface area contributed by atoms with Crippen LogP contribution >= 0.6 is 11.3 Å². The lowest BCUT2D eigenvalue weighted by atomic mass is 10.2. The number of aromatic nitrogens is 4. The molecular weight excluding hydrogens is 304 g/mol. The average Bonchev–Trinajstić information content (AvgIpc) is 3.28. The highest BCUT2D eigenvalue weighted by Gasteiger charge is 2.19. The number of benzene rings is 1. The van der Waals surface area contributed by atoms with Gasteiger partial charge in [-0.05, 0) is 30.3 Å². The molecular formula is C14H8N4O3S. The molecule has 1 aromatic carbocycles. The zero-order chi connectivity index (χ0) is 14.5. The zero-order valence-corrected chi connectivity index (χ0v) is 11.9. The topological polar surface area (TPSA) is 74.7 Å². The molecule has 0 fully saturated rings. The molecule has 0 aliphatic carbocycles. The van der Waals surface area contributed by atoms with E-state index in [4.69, 9.17) is 13.9 Å². The fraction of sp³-hybridized carbons (Fsp3) is 0.0714. The van der Waals surface area contributed by atoms with Gasteiger partial charge < -0.3 is 13.9 Å². The molecule has 0 atom stereocenters. The van der Waals surface area contributed by atoms with E-state index in [0.717, 1.165) is 16.3 Å². The summed E-state index contributed by atoms with van der Waals surface area (Å²) < 4.78 is 17.8. The number of fused-ring (bicyclic) bond motifs is 2. The predicted octanol–water partition coefficient (Wildman–Crippen LogP) is 2.84. The SMILES string of the molecule is c1coc(-c2nn3c(-c4ccc5c(c4)OCO5)nnc3s2)c1. The van der Waals surface area contributed by atoms with Crippen LogP contribution in [0.1, 0.15) is 0 Å². The molecule has 0 unspecified atom stereocenters. The van der Waals surface area contributed by atoms with Crippen LogP contribution in [0.3, 0.4) is 0 Å². The Labute approximate surface area is 127 Å². The van der Waals surface area contributed by atoms with Crippen LogP contribution in [0.2, 0.25) is 0 Å². The quantitative estimate of drug-likeness (QED) is 0.566. The van der Waals surface area contributed by atoms with Crippen LogP contribution in [0.15, 0.2) is 41.0 Å². The van der Waals surface area contributed by atoms with E-state index in [2.05, 4.69) is 15.3 Å². The first kappa shape index (κ1) is 11.8. The molecule has 3 aromatic heterocycles. The summed E-state index contributed by atoms with van der Waals surface area (Å²) in [6.45, 7) is 0.243. The van der Waals surface area contributed by atoms with E-state index in [1.807, 2.05) is 30.3 Å². The number of furan rings is 1. The molecule has 0 amide bonds. The van der Waals surface area contributed by atoms with Crippen molar-refractivity contribution >= 4 is 16.3 Å². The Morgan fingerprint density at radius 1 is 1.09 bits per heavy atom. The summed E-state index contributed by atoms with van der Waals surface area (Å²) in [6.07, 6.45) is 1.62. The summed E-state index contributed by atoms with van der Waals surface area (Å²) in [5, 5.41) is 13.7. The van der Waals surface area contributed by atoms with E-state index in [0.29, 0.717) is 22.3 Å². The van der Waals surface area contributed by atoms with Gasteiger partial charge in [-0.1, -0.05) is 11.3 Å². The van der Waals surface area contributed by atoms with E-state index >= 15 is 0 Å². The number of nitrogens with zero attached hydrogens (tertiary/aromatic N) is 4.